The van der Waals surface area contributed by atoms with Gasteiger partial charge in [0.2, 0.25) is 10.0 Å². The van der Waals surface area contributed by atoms with Crippen molar-refractivity contribution in [3.63, 3.8) is 0 Å². The maximum atomic E-state index is 11.8. The van der Waals surface area contributed by atoms with E-state index in [4.69, 9.17) is 18.0 Å². The second-order valence-electron chi connectivity index (χ2n) is 5.36. The van der Waals surface area contributed by atoms with E-state index in [9.17, 15) is 8.42 Å². The van der Waals surface area contributed by atoms with Crippen molar-refractivity contribution in [2.24, 2.45) is 11.7 Å². The Morgan fingerprint density at radius 3 is 2.39 bits per heavy atom. The Morgan fingerprint density at radius 2 is 1.89 bits per heavy atom. The predicted octanol–water partition coefficient (Wildman–Crippen LogP) is 0.0663. The maximum absolute atomic E-state index is 11.8. The highest BCUT2D eigenvalue weighted by Gasteiger charge is 2.30. The molecule has 0 aromatic rings. The average molecular weight is 291 g/mol. The zero-order valence-electron chi connectivity index (χ0n) is 10.5. The van der Waals surface area contributed by atoms with Gasteiger partial charge in [-0.25, -0.2) is 13.1 Å². The highest BCUT2D eigenvalue weighted by molar-refractivity contribution is 7.89. The summed E-state index contributed by atoms with van der Waals surface area (Å²) in [5.74, 6) is 0.706. The summed E-state index contributed by atoms with van der Waals surface area (Å²) in [6, 6.07) is 0.0799. The first-order chi connectivity index (χ1) is 8.44. The van der Waals surface area contributed by atoms with E-state index in [2.05, 4.69) is 9.62 Å². The molecule has 0 amide bonds. The van der Waals surface area contributed by atoms with Crippen molar-refractivity contribution >= 4 is 27.2 Å². The molecule has 0 unspecified atom stereocenters. The van der Waals surface area contributed by atoms with Gasteiger partial charge >= 0.3 is 0 Å². The molecule has 2 aliphatic rings. The number of hydrogen-bond donors (Lipinski definition) is 2. The predicted molar refractivity (Wildman–Crippen MR) is 75.9 cm³/mol. The topological polar surface area (TPSA) is 75.4 Å². The van der Waals surface area contributed by atoms with E-state index < -0.39 is 10.0 Å². The second-order valence-corrected chi connectivity index (χ2v) is 7.68. The van der Waals surface area contributed by atoms with Gasteiger partial charge in [0.15, 0.2) is 0 Å². The van der Waals surface area contributed by atoms with Crippen LogP contribution in [0.5, 0.6) is 0 Å². The number of sulfonamides is 1. The summed E-state index contributed by atoms with van der Waals surface area (Å²) in [6.07, 6.45) is 3.81. The zero-order chi connectivity index (χ0) is 13.2. The van der Waals surface area contributed by atoms with Gasteiger partial charge in [-0.15, -0.1) is 0 Å². The molecule has 0 aromatic carbocycles. The number of rotatable bonds is 6. The maximum Gasteiger partial charge on any atom is 0.212 e. The molecule has 2 fully saturated rings. The molecule has 1 aliphatic carbocycles. The van der Waals surface area contributed by atoms with Gasteiger partial charge in [0.1, 0.15) is 0 Å². The highest BCUT2D eigenvalue weighted by Crippen LogP contribution is 2.30. The molecular formula is C11H21N3O2S2. The molecule has 0 atom stereocenters. The third-order valence-corrected chi connectivity index (χ3v) is 5.20. The largest absolute Gasteiger partial charge is 0.392 e. The fourth-order valence-electron chi connectivity index (χ4n) is 2.33. The van der Waals surface area contributed by atoms with Crippen LogP contribution in [0.15, 0.2) is 0 Å². The molecule has 1 aliphatic heterocycles. The number of nitrogens with two attached hydrogens (primary N) is 1. The molecule has 104 valence electrons. The quantitative estimate of drug-likeness (QED) is 0.677. The number of piperidine rings is 1. The Labute approximate surface area is 114 Å². The number of nitrogens with zero attached hydrogens (tertiary/aromatic N) is 1. The minimum absolute atomic E-state index is 0.0799. The monoisotopic (exact) mass is 291 g/mol. The van der Waals surface area contributed by atoms with E-state index in [1.54, 1.807) is 0 Å². The lowest BCUT2D eigenvalue weighted by Gasteiger charge is -2.31. The van der Waals surface area contributed by atoms with Gasteiger partial charge in [0.05, 0.1) is 10.7 Å². The SMILES string of the molecule is NC(=S)CN1CCC(NS(=O)(=O)CC2CC2)CC1. The Kier molecular flexibility index (Phi) is 4.58. The summed E-state index contributed by atoms with van der Waals surface area (Å²) < 4.78 is 26.5. The van der Waals surface area contributed by atoms with Crippen molar-refractivity contribution in [3.8, 4) is 0 Å². The van der Waals surface area contributed by atoms with E-state index in [0.717, 1.165) is 38.8 Å². The van der Waals surface area contributed by atoms with E-state index in [0.29, 0.717) is 23.2 Å². The van der Waals surface area contributed by atoms with Crippen LogP contribution < -0.4 is 10.5 Å². The first-order valence-electron chi connectivity index (χ1n) is 6.45. The molecule has 18 heavy (non-hydrogen) atoms. The van der Waals surface area contributed by atoms with Gasteiger partial charge in [0, 0.05) is 25.7 Å². The van der Waals surface area contributed by atoms with Crippen molar-refractivity contribution in [1.82, 2.24) is 9.62 Å². The number of likely N-dealkylation sites (tertiary alicyclic amines) is 1. The smallest absolute Gasteiger partial charge is 0.212 e. The van der Waals surface area contributed by atoms with Crippen LogP contribution in [0.2, 0.25) is 0 Å². The van der Waals surface area contributed by atoms with Gasteiger partial charge in [-0.2, -0.15) is 0 Å². The van der Waals surface area contributed by atoms with Crippen LogP contribution >= 0.6 is 12.2 Å². The van der Waals surface area contributed by atoms with Crippen LogP contribution in [0.4, 0.5) is 0 Å². The summed E-state index contributed by atoms with van der Waals surface area (Å²) in [7, 11) is -3.08. The molecule has 1 heterocycles. The number of thiocarbonyl (C=S) groups is 1. The van der Waals surface area contributed by atoms with Crippen LogP contribution in [0.3, 0.4) is 0 Å². The van der Waals surface area contributed by atoms with Gasteiger partial charge in [-0.3, -0.25) is 4.90 Å². The molecule has 2 rings (SSSR count). The Hall–Kier alpha value is -0.240. The fraction of sp³-hybridized carbons (Fsp3) is 0.909. The molecule has 0 bridgehead atoms. The summed E-state index contributed by atoms with van der Waals surface area (Å²) in [5, 5.41) is 0. The average Bonchev–Trinajstić information content (AvgIpc) is 3.03. The first-order valence-corrected chi connectivity index (χ1v) is 8.51. The Bertz CT molecular complexity index is 399. The molecule has 0 spiro atoms. The Balaban J connectivity index is 1.74. The lowest BCUT2D eigenvalue weighted by Crippen LogP contribution is -2.47. The van der Waals surface area contributed by atoms with Crippen molar-refractivity contribution in [3.05, 3.63) is 0 Å². The van der Waals surface area contributed by atoms with Crippen molar-refractivity contribution in [1.29, 1.82) is 0 Å². The van der Waals surface area contributed by atoms with Crippen molar-refractivity contribution in [2.75, 3.05) is 25.4 Å². The van der Waals surface area contributed by atoms with E-state index in [1.807, 2.05) is 0 Å². The summed E-state index contributed by atoms with van der Waals surface area (Å²) in [5.41, 5.74) is 5.50. The van der Waals surface area contributed by atoms with Crippen LogP contribution in [0.1, 0.15) is 25.7 Å². The molecule has 5 nitrogen and oxygen atoms in total. The molecule has 0 aromatic heterocycles. The van der Waals surface area contributed by atoms with E-state index >= 15 is 0 Å². The molecule has 7 heteroatoms. The van der Waals surface area contributed by atoms with E-state index in [1.165, 1.54) is 0 Å². The minimum Gasteiger partial charge on any atom is -0.392 e. The fourth-order valence-corrected chi connectivity index (χ4v) is 4.30. The van der Waals surface area contributed by atoms with E-state index in [-0.39, 0.29) is 6.04 Å². The van der Waals surface area contributed by atoms with Gasteiger partial charge in [0.25, 0.3) is 0 Å². The molecule has 1 saturated heterocycles. The third-order valence-electron chi connectivity index (χ3n) is 3.47. The molecular weight excluding hydrogens is 270 g/mol. The van der Waals surface area contributed by atoms with Gasteiger partial charge < -0.3 is 5.73 Å². The standard InChI is InChI=1S/C11H21N3O2S2/c12-11(17)7-14-5-3-10(4-6-14)13-18(15,16)8-9-1-2-9/h9-10,13H,1-8H2,(H2,12,17). The van der Waals surface area contributed by atoms with Crippen LogP contribution in [0.25, 0.3) is 0 Å². The van der Waals surface area contributed by atoms with Crippen molar-refractivity contribution < 1.29 is 8.42 Å². The third kappa shape index (κ3) is 4.79. The number of hydrogen-bond acceptors (Lipinski definition) is 4. The summed E-state index contributed by atoms with van der Waals surface area (Å²) in [6.45, 7) is 2.35. The molecule has 3 N–H and O–H groups in total. The zero-order valence-corrected chi connectivity index (χ0v) is 12.1. The molecule has 0 radical (unpaired) electrons. The lowest BCUT2D eigenvalue weighted by molar-refractivity contribution is 0.232. The van der Waals surface area contributed by atoms with Gasteiger partial charge in [-0.1, -0.05) is 12.2 Å². The van der Waals surface area contributed by atoms with Gasteiger partial charge in [-0.05, 0) is 31.6 Å². The van der Waals surface area contributed by atoms with Crippen LogP contribution in [-0.4, -0.2) is 49.7 Å². The second kappa shape index (κ2) is 5.81. The first kappa shape index (κ1) is 14.2. The normalized spacial score (nSPS) is 23.1. The number of nitrogens with one attached hydrogen (secondary N) is 1. The molecule has 1 saturated carbocycles. The summed E-state index contributed by atoms with van der Waals surface area (Å²) in [4.78, 5) is 2.68. The summed E-state index contributed by atoms with van der Waals surface area (Å²) >= 11 is 4.87. The Morgan fingerprint density at radius 1 is 1.28 bits per heavy atom. The minimum atomic E-state index is -3.08. The lowest BCUT2D eigenvalue weighted by atomic mass is 10.1. The van der Waals surface area contributed by atoms with Crippen LogP contribution in [-0.2, 0) is 10.0 Å². The highest BCUT2D eigenvalue weighted by atomic mass is 32.2. The van der Waals surface area contributed by atoms with Crippen LogP contribution in [0, 0.1) is 5.92 Å². The van der Waals surface area contributed by atoms with Crippen molar-refractivity contribution in [2.45, 2.75) is 31.7 Å².